The molecule has 0 fully saturated rings. The Bertz CT molecular complexity index is 548. The molecule has 0 saturated heterocycles. The van der Waals surface area contributed by atoms with E-state index in [0.29, 0.717) is 0 Å². The molecule has 2 aromatic rings. The molecule has 0 bridgehead atoms. The molecule has 17 heavy (non-hydrogen) atoms. The number of para-hydroxylation sites is 1. The van der Waals surface area contributed by atoms with Gasteiger partial charge in [0.15, 0.2) is 0 Å². The van der Waals surface area contributed by atoms with Gasteiger partial charge < -0.3 is 9.42 Å². The van der Waals surface area contributed by atoms with Gasteiger partial charge in [-0.05, 0) is 25.0 Å². The highest BCUT2D eigenvalue weighted by atomic mass is 16.5. The van der Waals surface area contributed by atoms with Crippen LogP contribution < -0.4 is 4.90 Å². The Balaban J connectivity index is 2.01. The van der Waals surface area contributed by atoms with Crippen LogP contribution in [0.5, 0.6) is 0 Å². The van der Waals surface area contributed by atoms with E-state index in [-0.39, 0.29) is 17.7 Å². The number of carbonyl (C=O) groups is 1. The molecule has 0 radical (unpaired) electrons. The molecular weight excluding hydrogens is 216 g/mol. The van der Waals surface area contributed by atoms with Gasteiger partial charge in [-0.3, -0.25) is 4.79 Å². The van der Waals surface area contributed by atoms with E-state index in [1.165, 1.54) is 11.8 Å². The molecule has 3 rings (SSSR count). The normalized spacial score (nSPS) is 18.2. The number of fused-ring (bicyclic) bond motifs is 1. The minimum atomic E-state index is -0.125. The van der Waals surface area contributed by atoms with Crippen LogP contribution in [0.3, 0.4) is 0 Å². The van der Waals surface area contributed by atoms with Crippen LogP contribution in [0.4, 0.5) is 5.69 Å². The largest absolute Gasteiger partial charge is 0.351 e. The lowest BCUT2D eigenvalue weighted by Crippen LogP contribution is -2.35. The third kappa shape index (κ3) is 1.53. The van der Waals surface area contributed by atoms with Crippen LogP contribution in [0.1, 0.15) is 23.0 Å². The van der Waals surface area contributed by atoms with E-state index in [1.54, 1.807) is 11.0 Å². The van der Waals surface area contributed by atoms with Gasteiger partial charge in [-0.25, -0.2) is 0 Å². The zero-order valence-corrected chi connectivity index (χ0v) is 9.46. The van der Waals surface area contributed by atoms with Crippen molar-refractivity contribution in [3.05, 3.63) is 47.9 Å². The van der Waals surface area contributed by atoms with Gasteiger partial charge in [0.05, 0.1) is 6.20 Å². The van der Waals surface area contributed by atoms with Crippen molar-refractivity contribution >= 4 is 11.6 Å². The highest BCUT2D eigenvalue weighted by Crippen LogP contribution is 2.32. The predicted molar refractivity (Wildman–Crippen MR) is 62.9 cm³/mol. The Hall–Kier alpha value is -2.10. The maximum Gasteiger partial charge on any atom is 0.297 e. The van der Waals surface area contributed by atoms with Crippen molar-refractivity contribution in [2.75, 3.05) is 4.90 Å². The average Bonchev–Trinajstić information content (AvgIpc) is 2.94. The Morgan fingerprint density at radius 1 is 1.41 bits per heavy atom. The third-order valence-corrected chi connectivity index (χ3v) is 3.07. The van der Waals surface area contributed by atoms with Crippen LogP contribution in [-0.4, -0.2) is 17.1 Å². The fourth-order valence-electron chi connectivity index (χ4n) is 2.32. The second-order valence-electron chi connectivity index (χ2n) is 4.23. The van der Waals surface area contributed by atoms with Crippen LogP contribution in [0.15, 0.2) is 41.1 Å². The number of aromatic nitrogens is 1. The molecule has 1 aliphatic rings. The summed E-state index contributed by atoms with van der Waals surface area (Å²) in [7, 11) is 0. The number of anilines is 1. The highest BCUT2D eigenvalue weighted by Gasteiger charge is 2.32. The van der Waals surface area contributed by atoms with Crippen molar-refractivity contribution in [3.8, 4) is 0 Å². The summed E-state index contributed by atoms with van der Waals surface area (Å²) in [5, 5.41) is 3.57. The number of rotatable bonds is 1. The Morgan fingerprint density at radius 2 is 2.24 bits per heavy atom. The van der Waals surface area contributed by atoms with Gasteiger partial charge >= 0.3 is 0 Å². The summed E-state index contributed by atoms with van der Waals surface area (Å²) in [6.07, 6.45) is 2.37. The summed E-state index contributed by atoms with van der Waals surface area (Å²) in [5.41, 5.74) is 2.18. The summed E-state index contributed by atoms with van der Waals surface area (Å²) in [5.74, 6) is 0.161. The van der Waals surface area contributed by atoms with Gasteiger partial charge in [-0.2, -0.15) is 0 Å². The van der Waals surface area contributed by atoms with Crippen molar-refractivity contribution in [1.82, 2.24) is 5.16 Å². The predicted octanol–water partition coefficient (Wildman–Crippen LogP) is 2.27. The van der Waals surface area contributed by atoms with Gasteiger partial charge in [-0.15, -0.1) is 0 Å². The van der Waals surface area contributed by atoms with Crippen molar-refractivity contribution in [3.63, 3.8) is 0 Å². The monoisotopic (exact) mass is 228 g/mol. The average molecular weight is 228 g/mol. The van der Waals surface area contributed by atoms with E-state index in [4.69, 9.17) is 4.52 Å². The minimum absolute atomic E-state index is 0.125. The molecule has 1 amide bonds. The summed E-state index contributed by atoms with van der Waals surface area (Å²) in [6.45, 7) is 2.04. The molecule has 0 saturated carbocycles. The lowest BCUT2D eigenvalue weighted by molar-refractivity contribution is 0.0945. The van der Waals surface area contributed by atoms with Gasteiger partial charge in [0.2, 0.25) is 5.76 Å². The number of nitrogens with zero attached hydrogens (tertiary/aromatic N) is 2. The lowest BCUT2D eigenvalue weighted by atomic mass is 10.1. The van der Waals surface area contributed by atoms with Crippen LogP contribution in [0, 0.1) is 0 Å². The molecule has 4 nitrogen and oxygen atoms in total. The molecule has 1 unspecified atom stereocenters. The first kappa shape index (κ1) is 10.1. The number of hydrogen-bond acceptors (Lipinski definition) is 3. The molecule has 1 aromatic heterocycles. The number of amides is 1. The second kappa shape index (κ2) is 3.73. The molecule has 86 valence electrons. The quantitative estimate of drug-likeness (QED) is 0.752. The molecular formula is C13H12N2O2. The van der Waals surface area contributed by atoms with E-state index < -0.39 is 0 Å². The van der Waals surface area contributed by atoms with Crippen LogP contribution in [-0.2, 0) is 6.42 Å². The van der Waals surface area contributed by atoms with Gasteiger partial charge in [0, 0.05) is 17.8 Å². The highest BCUT2D eigenvalue weighted by molar-refractivity contribution is 6.05. The SMILES string of the molecule is CC1Cc2ccccc2N1C(=O)c1ccno1. The first-order chi connectivity index (χ1) is 8.27. The molecule has 1 aromatic carbocycles. The Kier molecular flexibility index (Phi) is 2.21. The van der Waals surface area contributed by atoms with Crippen molar-refractivity contribution in [2.45, 2.75) is 19.4 Å². The topological polar surface area (TPSA) is 46.3 Å². The van der Waals surface area contributed by atoms with E-state index >= 15 is 0 Å². The van der Waals surface area contributed by atoms with E-state index in [9.17, 15) is 4.79 Å². The first-order valence-corrected chi connectivity index (χ1v) is 5.59. The molecule has 0 N–H and O–H groups in total. The zero-order chi connectivity index (χ0) is 11.8. The molecule has 0 aliphatic carbocycles. The molecule has 1 atom stereocenters. The fourth-order valence-corrected chi connectivity index (χ4v) is 2.32. The molecule has 2 heterocycles. The van der Waals surface area contributed by atoms with Crippen molar-refractivity contribution in [1.29, 1.82) is 0 Å². The summed E-state index contributed by atoms with van der Waals surface area (Å²) in [6, 6.07) is 9.71. The number of hydrogen-bond donors (Lipinski definition) is 0. The number of carbonyl (C=O) groups excluding carboxylic acids is 1. The van der Waals surface area contributed by atoms with Gasteiger partial charge in [0.25, 0.3) is 5.91 Å². The van der Waals surface area contributed by atoms with E-state index in [2.05, 4.69) is 11.2 Å². The maximum absolute atomic E-state index is 12.3. The Morgan fingerprint density at radius 3 is 3.00 bits per heavy atom. The van der Waals surface area contributed by atoms with Crippen LogP contribution >= 0.6 is 0 Å². The molecule has 1 aliphatic heterocycles. The van der Waals surface area contributed by atoms with E-state index in [0.717, 1.165) is 12.1 Å². The summed E-state index contributed by atoms with van der Waals surface area (Å²) in [4.78, 5) is 14.0. The van der Waals surface area contributed by atoms with Crippen LogP contribution in [0.25, 0.3) is 0 Å². The maximum atomic E-state index is 12.3. The fraction of sp³-hybridized carbons (Fsp3) is 0.231. The lowest BCUT2D eigenvalue weighted by Gasteiger charge is -2.20. The second-order valence-corrected chi connectivity index (χ2v) is 4.23. The Labute approximate surface area is 98.8 Å². The number of benzene rings is 1. The molecule has 4 heteroatoms. The first-order valence-electron chi connectivity index (χ1n) is 5.59. The van der Waals surface area contributed by atoms with Crippen molar-refractivity contribution < 1.29 is 9.32 Å². The minimum Gasteiger partial charge on any atom is -0.351 e. The van der Waals surface area contributed by atoms with Crippen molar-refractivity contribution in [2.24, 2.45) is 0 Å². The smallest absolute Gasteiger partial charge is 0.297 e. The van der Waals surface area contributed by atoms with Gasteiger partial charge in [0.1, 0.15) is 0 Å². The standard InChI is InChI=1S/C13H12N2O2/c1-9-8-10-4-2-3-5-11(10)15(9)13(16)12-6-7-14-17-12/h2-7,9H,8H2,1H3. The van der Waals surface area contributed by atoms with Gasteiger partial charge in [-0.1, -0.05) is 23.4 Å². The third-order valence-electron chi connectivity index (χ3n) is 3.07. The van der Waals surface area contributed by atoms with E-state index in [1.807, 2.05) is 25.1 Å². The summed E-state index contributed by atoms with van der Waals surface area (Å²) < 4.78 is 4.93. The zero-order valence-electron chi connectivity index (χ0n) is 9.46. The van der Waals surface area contributed by atoms with Crippen LogP contribution in [0.2, 0.25) is 0 Å². The summed E-state index contributed by atoms with van der Waals surface area (Å²) >= 11 is 0. The molecule has 0 spiro atoms.